The number of hydrogen-bond acceptors (Lipinski definition) is 8. The summed E-state index contributed by atoms with van der Waals surface area (Å²) in [6.07, 6.45) is 7.27. The van der Waals surface area contributed by atoms with E-state index in [1.54, 1.807) is 29.7 Å². The number of carbonyl (C=O) groups is 3. The maximum Gasteiger partial charge on any atom is 0.243 e. The third-order valence-electron chi connectivity index (χ3n) is 7.72. The van der Waals surface area contributed by atoms with Gasteiger partial charge in [-0.05, 0) is 30.4 Å². The SMILES string of the molecule is CC[C@H](C)[C@H](NC(=O)C[C@H](O)[C@H](CC1CCCCC1)NC(=O)C(N)C1SCCS1)C(=O)NCc1ccccn1. The number of nitrogens with one attached hydrogen (secondary N) is 3. The molecule has 2 heterocycles. The quantitative estimate of drug-likeness (QED) is 0.226. The predicted octanol–water partition coefficient (Wildman–Crippen LogP) is 2.57. The van der Waals surface area contributed by atoms with Crippen LogP contribution in [0.4, 0.5) is 0 Å². The van der Waals surface area contributed by atoms with Crippen LogP contribution >= 0.6 is 23.5 Å². The van der Waals surface area contributed by atoms with E-state index in [0.29, 0.717) is 18.8 Å². The normalized spacial score (nSPS) is 20.4. The third kappa shape index (κ3) is 10.3. The first-order chi connectivity index (χ1) is 18.8. The highest BCUT2D eigenvalue weighted by molar-refractivity contribution is 8.20. The van der Waals surface area contributed by atoms with Gasteiger partial charge in [0.1, 0.15) is 12.1 Å². The topological polar surface area (TPSA) is 146 Å². The molecule has 1 unspecified atom stereocenters. The molecule has 11 heteroatoms. The molecule has 1 aromatic heterocycles. The molecule has 0 spiro atoms. The van der Waals surface area contributed by atoms with E-state index in [4.69, 9.17) is 5.73 Å². The summed E-state index contributed by atoms with van der Waals surface area (Å²) in [5.41, 5.74) is 6.99. The summed E-state index contributed by atoms with van der Waals surface area (Å²) in [4.78, 5) is 43.3. The molecule has 0 radical (unpaired) electrons. The largest absolute Gasteiger partial charge is 0.390 e. The van der Waals surface area contributed by atoms with Crippen LogP contribution in [0.5, 0.6) is 0 Å². The van der Waals surface area contributed by atoms with E-state index in [-0.39, 0.29) is 35.3 Å². The lowest BCUT2D eigenvalue weighted by molar-refractivity contribution is -0.132. The minimum atomic E-state index is -1.08. The smallest absolute Gasteiger partial charge is 0.243 e. The van der Waals surface area contributed by atoms with Gasteiger partial charge < -0.3 is 26.8 Å². The van der Waals surface area contributed by atoms with Gasteiger partial charge in [-0.3, -0.25) is 19.4 Å². The molecular weight excluding hydrogens is 534 g/mol. The van der Waals surface area contributed by atoms with E-state index in [1.807, 2.05) is 32.0 Å². The lowest BCUT2D eigenvalue weighted by Gasteiger charge is -2.31. The van der Waals surface area contributed by atoms with Crippen molar-refractivity contribution >= 4 is 41.2 Å². The molecule has 3 amide bonds. The van der Waals surface area contributed by atoms with Gasteiger partial charge in [-0.15, -0.1) is 23.5 Å². The number of pyridine rings is 1. The van der Waals surface area contributed by atoms with Gasteiger partial charge in [-0.2, -0.15) is 0 Å². The van der Waals surface area contributed by atoms with Crippen LogP contribution in [0.25, 0.3) is 0 Å². The summed E-state index contributed by atoms with van der Waals surface area (Å²) in [6, 6.07) is 3.50. The van der Waals surface area contributed by atoms with Crippen LogP contribution in [-0.2, 0) is 20.9 Å². The molecule has 1 aliphatic heterocycles. The number of amides is 3. The van der Waals surface area contributed by atoms with Crippen molar-refractivity contribution < 1.29 is 19.5 Å². The molecular formula is C28H45N5O4S2. The molecule has 9 nitrogen and oxygen atoms in total. The Hall–Kier alpha value is -1.82. The molecule has 218 valence electrons. The summed E-state index contributed by atoms with van der Waals surface area (Å²) in [5, 5.41) is 19.9. The molecule has 2 aliphatic rings. The molecule has 1 saturated carbocycles. The van der Waals surface area contributed by atoms with E-state index >= 15 is 0 Å². The Morgan fingerprint density at radius 2 is 1.82 bits per heavy atom. The van der Waals surface area contributed by atoms with Gasteiger partial charge in [0, 0.05) is 17.7 Å². The van der Waals surface area contributed by atoms with Crippen molar-refractivity contribution in [2.24, 2.45) is 17.6 Å². The lowest BCUT2D eigenvalue weighted by atomic mass is 9.83. The second-order valence-corrected chi connectivity index (χ2v) is 13.5. The Bertz CT molecular complexity index is 912. The Balaban J connectivity index is 1.61. The fourth-order valence-corrected chi connectivity index (χ4v) is 8.00. The predicted molar refractivity (Wildman–Crippen MR) is 158 cm³/mol. The Morgan fingerprint density at radius 3 is 2.46 bits per heavy atom. The van der Waals surface area contributed by atoms with Gasteiger partial charge in [0.15, 0.2) is 0 Å². The molecule has 6 N–H and O–H groups in total. The van der Waals surface area contributed by atoms with E-state index in [2.05, 4.69) is 20.9 Å². The van der Waals surface area contributed by atoms with Crippen molar-refractivity contribution in [3.8, 4) is 0 Å². The second-order valence-electron chi connectivity index (χ2n) is 10.7. The molecule has 1 aromatic rings. The molecule has 3 rings (SSSR count). The number of nitrogens with zero attached hydrogens (tertiary/aromatic N) is 1. The molecule has 1 aliphatic carbocycles. The van der Waals surface area contributed by atoms with Crippen LogP contribution in [-0.4, -0.2) is 68.1 Å². The Morgan fingerprint density at radius 1 is 1.10 bits per heavy atom. The van der Waals surface area contributed by atoms with Crippen molar-refractivity contribution in [1.29, 1.82) is 0 Å². The van der Waals surface area contributed by atoms with E-state index in [0.717, 1.165) is 42.9 Å². The molecule has 0 aromatic carbocycles. The number of nitrogens with two attached hydrogens (primary N) is 1. The first kappa shape index (κ1) is 31.7. The number of hydrogen-bond donors (Lipinski definition) is 5. The zero-order valence-corrected chi connectivity index (χ0v) is 24.8. The fourth-order valence-electron chi connectivity index (χ4n) is 5.14. The van der Waals surface area contributed by atoms with Crippen LogP contribution in [0.3, 0.4) is 0 Å². The summed E-state index contributed by atoms with van der Waals surface area (Å²) in [7, 11) is 0. The third-order valence-corrected chi connectivity index (χ3v) is 10.9. The first-order valence-electron chi connectivity index (χ1n) is 14.2. The van der Waals surface area contributed by atoms with Crippen LogP contribution in [0.1, 0.15) is 70.9 Å². The van der Waals surface area contributed by atoms with Crippen molar-refractivity contribution in [3.63, 3.8) is 0 Å². The average molecular weight is 580 g/mol. The molecule has 0 bridgehead atoms. The monoisotopic (exact) mass is 579 g/mol. The summed E-state index contributed by atoms with van der Waals surface area (Å²) in [5.74, 6) is 1.23. The maximum absolute atomic E-state index is 13.1. The number of aliphatic hydroxyl groups is 1. The maximum atomic E-state index is 13.1. The number of thioether (sulfide) groups is 2. The van der Waals surface area contributed by atoms with Crippen molar-refractivity contribution in [2.45, 2.75) is 101 Å². The first-order valence-corrected chi connectivity index (χ1v) is 16.3. The highest BCUT2D eigenvalue weighted by atomic mass is 32.2. The Labute approximate surface area is 241 Å². The number of aliphatic hydroxyl groups excluding tert-OH is 1. The second kappa shape index (κ2) is 16.4. The van der Waals surface area contributed by atoms with E-state index in [1.165, 1.54) is 6.42 Å². The molecule has 1 saturated heterocycles. The molecule has 39 heavy (non-hydrogen) atoms. The van der Waals surface area contributed by atoms with Crippen LogP contribution < -0.4 is 21.7 Å². The van der Waals surface area contributed by atoms with Crippen LogP contribution in [0.2, 0.25) is 0 Å². The summed E-state index contributed by atoms with van der Waals surface area (Å²) >= 11 is 3.37. The lowest BCUT2D eigenvalue weighted by Crippen LogP contribution is -2.54. The van der Waals surface area contributed by atoms with E-state index < -0.39 is 30.1 Å². The van der Waals surface area contributed by atoms with E-state index in [9.17, 15) is 19.5 Å². The van der Waals surface area contributed by atoms with Crippen molar-refractivity contribution in [3.05, 3.63) is 30.1 Å². The summed E-state index contributed by atoms with van der Waals surface area (Å²) < 4.78 is 0.00154. The zero-order valence-electron chi connectivity index (χ0n) is 23.1. The van der Waals surface area contributed by atoms with Crippen LogP contribution in [0.15, 0.2) is 24.4 Å². The van der Waals surface area contributed by atoms with Gasteiger partial charge in [-0.25, -0.2) is 0 Å². The Kier molecular flexibility index (Phi) is 13.4. The highest BCUT2D eigenvalue weighted by Crippen LogP contribution is 2.34. The summed E-state index contributed by atoms with van der Waals surface area (Å²) in [6.45, 7) is 4.14. The van der Waals surface area contributed by atoms with Crippen molar-refractivity contribution in [1.82, 2.24) is 20.9 Å². The van der Waals surface area contributed by atoms with Gasteiger partial charge in [-0.1, -0.05) is 58.4 Å². The number of carbonyl (C=O) groups excluding carboxylic acids is 3. The van der Waals surface area contributed by atoms with Gasteiger partial charge in [0.05, 0.1) is 35.4 Å². The van der Waals surface area contributed by atoms with Gasteiger partial charge >= 0.3 is 0 Å². The average Bonchev–Trinajstić information content (AvgIpc) is 3.49. The zero-order chi connectivity index (χ0) is 28.2. The van der Waals surface area contributed by atoms with Gasteiger partial charge in [0.25, 0.3) is 0 Å². The minimum Gasteiger partial charge on any atom is -0.390 e. The molecule has 5 atom stereocenters. The molecule has 2 fully saturated rings. The minimum absolute atomic E-state index is 0.00154. The number of rotatable bonds is 14. The number of aromatic nitrogens is 1. The van der Waals surface area contributed by atoms with Gasteiger partial charge in [0.2, 0.25) is 17.7 Å². The standard InChI is InChI=1S/C28H45N5O4S2/c1-3-18(2)25(27(37)31-17-20-11-7-8-12-30-20)33-23(35)16-22(34)21(15-19-9-5-4-6-10-19)32-26(36)24(29)28-38-13-14-39-28/h7-8,11-12,18-19,21-22,24-25,28,34H,3-6,9-10,13-17,29H2,1-2H3,(H,31,37)(H,32,36)(H,33,35)/t18-,21-,22-,24?,25-/m0/s1. The van der Waals surface area contributed by atoms with Crippen LogP contribution in [0, 0.1) is 11.8 Å². The van der Waals surface area contributed by atoms with Crippen molar-refractivity contribution in [2.75, 3.05) is 11.5 Å². The highest BCUT2D eigenvalue weighted by Gasteiger charge is 2.34. The fraction of sp³-hybridized carbons (Fsp3) is 0.714.